The van der Waals surface area contributed by atoms with Gasteiger partial charge in [0.25, 0.3) is 15.7 Å². The van der Waals surface area contributed by atoms with Gasteiger partial charge in [-0.15, -0.1) is 11.8 Å². The van der Waals surface area contributed by atoms with Crippen molar-refractivity contribution in [2.75, 3.05) is 35.1 Å². The number of benzene rings is 5. The van der Waals surface area contributed by atoms with Crippen LogP contribution in [0.1, 0.15) is 37.7 Å². The highest BCUT2D eigenvalue weighted by atomic mass is 32.2. The third kappa shape index (κ3) is 8.46. The molecule has 1 aliphatic heterocycles. The largest absolute Gasteiger partial charge is 0.378 e. The Morgan fingerprint density at radius 2 is 1.63 bits per heavy atom. The monoisotopic (exact) mass is 800 g/mol. The van der Waals surface area contributed by atoms with Gasteiger partial charge in [0.2, 0.25) is 0 Å². The Morgan fingerprint density at radius 1 is 0.895 bits per heavy atom. The number of nitrogens with zero attached hydrogens (tertiary/aromatic N) is 4. The lowest BCUT2D eigenvalue weighted by Gasteiger charge is -2.42. The van der Waals surface area contributed by atoms with Crippen LogP contribution in [0.5, 0.6) is 0 Å². The van der Waals surface area contributed by atoms with Gasteiger partial charge in [0.1, 0.15) is 12.0 Å². The van der Waals surface area contributed by atoms with Crippen LogP contribution in [0.25, 0.3) is 22.0 Å². The van der Waals surface area contributed by atoms with E-state index in [4.69, 9.17) is 4.74 Å². The van der Waals surface area contributed by atoms with Crippen molar-refractivity contribution in [3.8, 4) is 11.1 Å². The van der Waals surface area contributed by atoms with Crippen LogP contribution >= 0.6 is 11.8 Å². The van der Waals surface area contributed by atoms with Crippen molar-refractivity contribution in [2.45, 2.75) is 65.2 Å². The first-order valence-corrected chi connectivity index (χ1v) is 21.5. The molecule has 292 valence electrons. The van der Waals surface area contributed by atoms with Gasteiger partial charge in [-0.05, 0) is 84.8 Å². The number of sulfonamides is 1. The minimum atomic E-state index is -4.25. The van der Waals surface area contributed by atoms with Gasteiger partial charge in [0.05, 0.1) is 20.9 Å². The highest BCUT2D eigenvalue weighted by Gasteiger charge is 2.36. The molecule has 5 aromatic carbocycles. The average Bonchev–Trinajstić information content (AvgIpc) is 3.67. The molecule has 57 heavy (non-hydrogen) atoms. The van der Waals surface area contributed by atoms with E-state index in [1.165, 1.54) is 35.2 Å². The van der Waals surface area contributed by atoms with Crippen LogP contribution in [0.3, 0.4) is 0 Å². The van der Waals surface area contributed by atoms with Gasteiger partial charge in [0, 0.05) is 59.9 Å². The Kier molecular flexibility index (Phi) is 11.1. The number of rotatable bonds is 13. The second kappa shape index (κ2) is 16.5. The molecule has 2 fully saturated rings. The molecule has 0 bridgehead atoms. The van der Waals surface area contributed by atoms with Crippen molar-refractivity contribution in [1.82, 2.24) is 9.97 Å². The first kappa shape index (κ1) is 38.4. The van der Waals surface area contributed by atoms with Gasteiger partial charge in [-0.25, -0.2) is 18.4 Å². The van der Waals surface area contributed by atoms with Crippen LogP contribution in [0.15, 0.2) is 137 Å². The number of ether oxygens (including phenoxy) is 1. The number of piperidine rings is 1. The molecule has 2 unspecified atom stereocenters. The number of thioether (sulfide) groups is 1. The molecular formula is C44H44N6O5S2. The quantitative estimate of drug-likeness (QED) is 0.0858. The molecule has 2 heterocycles. The maximum Gasteiger partial charge on any atom is 0.293 e. The molecule has 0 amide bonds. The summed E-state index contributed by atoms with van der Waals surface area (Å²) >= 11 is 1.75. The number of nitrogens with one attached hydrogen (secondary N) is 2. The second-order valence-electron chi connectivity index (χ2n) is 14.7. The van der Waals surface area contributed by atoms with E-state index < -0.39 is 14.9 Å². The fourth-order valence-electron chi connectivity index (χ4n) is 8.11. The molecule has 2 aliphatic rings. The zero-order chi connectivity index (χ0) is 39.4. The molecule has 2 atom stereocenters. The number of nitro groups is 1. The van der Waals surface area contributed by atoms with Gasteiger partial charge in [-0.3, -0.25) is 14.8 Å². The molecule has 1 aliphatic carbocycles. The van der Waals surface area contributed by atoms with E-state index in [0.29, 0.717) is 16.6 Å². The van der Waals surface area contributed by atoms with E-state index in [1.54, 1.807) is 18.9 Å². The van der Waals surface area contributed by atoms with Crippen LogP contribution in [0.4, 0.5) is 22.9 Å². The van der Waals surface area contributed by atoms with Gasteiger partial charge < -0.3 is 15.0 Å². The zero-order valence-corrected chi connectivity index (χ0v) is 33.2. The first-order chi connectivity index (χ1) is 27.7. The topological polar surface area (TPSA) is 140 Å². The number of nitro benzene ring substituents is 1. The van der Waals surface area contributed by atoms with Crippen LogP contribution in [-0.4, -0.2) is 60.4 Å². The van der Waals surface area contributed by atoms with Crippen molar-refractivity contribution in [2.24, 2.45) is 0 Å². The molecule has 6 aromatic rings. The van der Waals surface area contributed by atoms with E-state index in [0.717, 1.165) is 68.3 Å². The summed E-state index contributed by atoms with van der Waals surface area (Å²) in [6.45, 7) is 1.54. The lowest BCUT2D eigenvalue weighted by atomic mass is 9.82. The van der Waals surface area contributed by atoms with E-state index in [1.807, 2.05) is 42.5 Å². The van der Waals surface area contributed by atoms with Crippen molar-refractivity contribution in [3.05, 3.63) is 143 Å². The number of anilines is 3. The van der Waals surface area contributed by atoms with Crippen molar-refractivity contribution in [1.29, 1.82) is 0 Å². The Hall–Kier alpha value is -5.50. The van der Waals surface area contributed by atoms with Gasteiger partial charge in [-0.1, -0.05) is 79.2 Å². The molecular weight excluding hydrogens is 757 g/mol. The maximum absolute atomic E-state index is 13.7. The Balaban J connectivity index is 0.958. The van der Waals surface area contributed by atoms with E-state index in [2.05, 4.69) is 85.6 Å². The summed E-state index contributed by atoms with van der Waals surface area (Å²) in [6, 6.07) is 38.7. The van der Waals surface area contributed by atoms with Crippen LogP contribution in [0, 0.1) is 10.1 Å². The number of fused-ring (bicyclic) bond motifs is 1. The summed E-state index contributed by atoms with van der Waals surface area (Å²) in [5, 5.41) is 16.4. The minimum absolute atomic E-state index is 0.00153. The molecule has 13 heteroatoms. The summed E-state index contributed by atoms with van der Waals surface area (Å²) in [5.74, 6) is 0.0947. The molecule has 0 spiro atoms. The number of aromatic nitrogens is 2. The Bertz CT molecular complexity index is 2480. The van der Waals surface area contributed by atoms with E-state index in [-0.39, 0.29) is 33.3 Å². The average molecular weight is 801 g/mol. The fraction of sp³-hybridized carbons (Fsp3) is 0.273. The lowest BCUT2D eigenvalue weighted by Crippen LogP contribution is -2.47. The molecule has 1 saturated heterocycles. The number of hydrogen-bond donors (Lipinski definition) is 2. The lowest BCUT2D eigenvalue weighted by molar-refractivity contribution is -0.384. The highest BCUT2D eigenvalue weighted by molar-refractivity contribution is 8.00. The summed E-state index contributed by atoms with van der Waals surface area (Å²) in [7, 11) is -2.45. The zero-order valence-electron chi connectivity index (χ0n) is 31.6. The van der Waals surface area contributed by atoms with E-state index >= 15 is 0 Å². The smallest absolute Gasteiger partial charge is 0.293 e. The van der Waals surface area contributed by atoms with Crippen molar-refractivity contribution < 1.29 is 18.1 Å². The fourth-order valence-corrected chi connectivity index (χ4v) is 10.5. The Labute approximate surface area is 337 Å². The van der Waals surface area contributed by atoms with E-state index in [9.17, 15) is 18.5 Å². The SMILES string of the molecule is COC1(Cc2ccccc2-c2ccccc2)CCN(c2ccc3c(NS(=O)(=O)c4ccc(NC5CCCC5Sc5ccccc5)c([N+](=O)[O-])c4)ncnc3c2)CC1. The predicted molar refractivity (Wildman–Crippen MR) is 228 cm³/mol. The summed E-state index contributed by atoms with van der Waals surface area (Å²) in [5.41, 5.74) is 4.89. The minimum Gasteiger partial charge on any atom is -0.378 e. The van der Waals surface area contributed by atoms with Crippen molar-refractivity contribution in [3.63, 3.8) is 0 Å². The predicted octanol–water partition coefficient (Wildman–Crippen LogP) is 9.36. The van der Waals surface area contributed by atoms with Crippen LogP contribution in [0.2, 0.25) is 0 Å². The summed E-state index contributed by atoms with van der Waals surface area (Å²) in [4.78, 5) is 23.7. The second-order valence-corrected chi connectivity index (χ2v) is 17.7. The van der Waals surface area contributed by atoms with Crippen LogP contribution in [-0.2, 0) is 21.2 Å². The van der Waals surface area contributed by atoms with Gasteiger partial charge >= 0.3 is 0 Å². The van der Waals surface area contributed by atoms with Crippen LogP contribution < -0.4 is 14.9 Å². The first-order valence-electron chi connectivity index (χ1n) is 19.2. The number of hydrogen-bond acceptors (Lipinski definition) is 10. The van der Waals surface area contributed by atoms with Gasteiger partial charge in [0.15, 0.2) is 5.82 Å². The molecule has 1 saturated carbocycles. The highest BCUT2D eigenvalue weighted by Crippen LogP contribution is 2.39. The third-order valence-corrected chi connectivity index (χ3v) is 14.0. The Morgan fingerprint density at radius 3 is 2.39 bits per heavy atom. The summed E-state index contributed by atoms with van der Waals surface area (Å²) < 4.78 is 36.3. The molecule has 11 nitrogen and oxygen atoms in total. The van der Waals surface area contributed by atoms with Crippen molar-refractivity contribution >= 4 is 55.6 Å². The molecule has 1 aromatic heterocycles. The third-order valence-electron chi connectivity index (χ3n) is 11.2. The molecule has 0 radical (unpaired) electrons. The van der Waals surface area contributed by atoms with Gasteiger partial charge in [-0.2, -0.15) is 0 Å². The molecule has 2 N–H and O–H groups in total. The summed E-state index contributed by atoms with van der Waals surface area (Å²) in [6.07, 6.45) is 6.62. The number of methoxy groups -OCH3 is 1. The maximum atomic E-state index is 13.7. The standard InChI is InChI=1S/C44H44N6O5S2/c1-55-44(29-32-13-8-9-16-36(32)31-11-4-2-5-12-31)23-25-49(26-24-44)33-19-21-37-40(27-33)45-30-46-43(37)48-57(53,54)35-20-22-38(41(28-35)50(51)52)47-39-17-10-18-42(39)56-34-14-6-3-7-15-34/h2-9,11-16,19-22,27-28,30,39,42,47H,10,17-18,23-26,29H2,1H3,(H,45,46,48). The molecule has 8 rings (SSSR count). The normalized spacial score (nSPS) is 18.0.